The van der Waals surface area contributed by atoms with Gasteiger partial charge in [-0.2, -0.15) is 10.4 Å². The zero-order chi connectivity index (χ0) is 38.7. The van der Waals surface area contributed by atoms with Gasteiger partial charge in [-0.25, -0.2) is 19.2 Å². The van der Waals surface area contributed by atoms with Crippen molar-refractivity contribution in [2.45, 2.75) is 160 Å². The van der Waals surface area contributed by atoms with Crippen LogP contribution in [0, 0.1) is 11.3 Å². The first kappa shape index (κ1) is 44.7. The molecule has 0 bridgehead atoms. The topological polar surface area (TPSA) is 213 Å². The number of aliphatic hydroxyl groups is 2. The van der Waals surface area contributed by atoms with Gasteiger partial charge in [-0.15, -0.1) is 0 Å². The van der Waals surface area contributed by atoms with E-state index >= 15 is 0 Å². The number of carbonyl (C=O) groups is 1. The van der Waals surface area contributed by atoms with E-state index in [1.165, 1.54) is 101 Å². The van der Waals surface area contributed by atoms with E-state index in [0.29, 0.717) is 25.2 Å². The number of nitrogens with one attached hydrogen (secondary N) is 1. The van der Waals surface area contributed by atoms with Crippen LogP contribution in [0.25, 0.3) is 5.52 Å². The fourth-order valence-electron chi connectivity index (χ4n) is 6.30. The number of esters is 1. The summed E-state index contributed by atoms with van der Waals surface area (Å²) in [7, 11) is -4.22. The summed E-state index contributed by atoms with van der Waals surface area (Å²) in [5, 5.41) is 38.9. The number of nitriles is 1. The Kier molecular flexibility index (Phi) is 19.7. The Hall–Kier alpha value is -2.67. The molecule has 15 nitrogen and oxygen atoms in total. The van der Waals surface area contributed by atoms with Crippen LogP contribution >= 0.6 is 7.75 Å². The Morgan fingerprint density at radius 3 is 2.19 bits per heavy atom. The molecule has 300 valence electrons. The molecular formula is C37H63N6O9P. The lowest BCUT2D eigenvalue weighted by molar-refractivity contribution is -0.149. The van der Waals surface area contributed by atoms with Crippen molar-refractivity contribution >= 4 is 25.1 Å². The highest BCUT2D eigenvalue weighted by atomic mass is 31.2. The minimum Gasteiger partial charge on any atom is -0.462 e. The first-order valence-corrected chi connectivity index (χ1v) is 21.0. The number of rotatable bonds is 28. The average Bonchev–Trinajstić information content (AvgIpc) is 3.68. The minimum atomic E-state index is -4.22. The van der Waals surface area contributed by atoms with Crippen LogP contribution in [-0.4, -0.2) is 87.7 Å². The fourth-order valence-corrected chi connectivity index (χ4v) is 7.82. The molecule has 53 heavy (non-hydrogen) atoms. The van der Waals surface area contributed by atoms with E-state index in [2.05, 4.69) is 22.1 Å². The van der Waals surface area contributed by atoms with Crippen molar-refractivity contribution in [3.63, 3.8) is 0 Å². The van der Waals surface area contributed by atoms with Gasteiger partial charge >= 0.3 is 13.7 Å². The van der Waals surface area contributed by atoms with Gasteiger partial charge in [-0.3, -0.25) is 13.8 Å². The van der Waals surface area contributed by atoms with Gasteiger partial charge in [0.15, 0.2) is 5.82 Å². The van der Waals surface area contributed by atoms with E-state index in [1.807, 2.05) is 6.07 Å². The number of anilines is 1. The molecule has 1 saturated heterocycles. The van der Waals surface area contributed by atoms with E-state index in [0.717, 1.165) is 12.8 Å². The van der Waals surface area contributed by atoms with Crippen molar-refractivity contribution in [1.29, 1.82) is 5.26 Å². The Bertz CT molecular complexity index is 1460. The van der Waals surface area contributed by atoms with Crippen molar-refractivity contribution in [3.05, 3.63) is 24.2 Å². The molecule has 0 saturated carbocycles. The highest BCUT2D eigenvalue weighted by Gasteiger charge is 2.58. The highest BCUT2D eigenvalue weighted by Crippen LogP contribution is 2.47. The van der Waals surface area contributed by atoms with E-state index in [4.69, 9.17) is 29.0 Å². The second-order valence-corrected chi connectivity index (χ2v) is 15.9. The van der Waals surface area contributed by atoms with E-state index < -0.39 is 56.4 Å². The number of hydrogen-bond donors (Lipinski definition) is 4. The molecule has 2 aromatic rings. The third kappa shape index (κ3) is 13.8. The molecule has 2 aromatic heterocycles. The summed E-state index contributed by atoms with van der Waals surface area (Å²) in [6.07, 6.45) is 14.5. The zero-order valence-electron chi connectivity index (χ0n) is 32.1. The second-order valence-electron chi connectivity index (χ2n) is 14.1. The number of ether oxygens (including phenoxy) is 3. The van der Waals surface area contributed by atoms with E-state index in [-0.39, 0.29) is 18.1 Å². The van der Waals surface area contributed by atoms with Crippen LogP contribution in [0.1, 0.15) is 130 Å². The molecule has 0 radical (unpaired) electrons. The number of hydrogen-bond acceptors (Lipinski definition) is 13. The van der Waals surface area contributed by atoms with Gasteiger partial charge < -0.3 is 30.2 Å². The van der Waals surface area contributed by atoms with Crippen molar-refractivity contribution in [2.75, 3.05) is 32.2 Å². The second kappa shape index (κ2) is 23.3. The molecule has 0 amide bonds. The number of aliphatic hydroxyl groups excluding tert-OH is 2. The lowest BCUT2D eigenvalue weighted by Crippen LogP contribution is -2.41. The van der Waals surface area contributed by atoms with Crippen LogP contribution in [0.15, 0.2) is 18.5 Å². The molecule has 6 atom stereocenters. The van der Waals surface area contributed by atoms with Crippen LogP contribution < -0.4 is 10.8 Å². The lowest BCUT2D eigenvalue weighted by Gasteiger charge is -2.25. The van der Waals surface area contributed by atoms with Gasteiger partial charge in [0, 0.05) is 13.2 Å². The van der Waals surface area contributed by atoms with Crippen molar-refractivity contribution in [1.82, 2.24) is 19.7 Å². The largest absolute Gasteiger partial charge is 0.462 e. The van der Waals surface area contributed by atoms with Gasteiger partial charge in [0.1, 0.15) is 42.3 Å². The van der Waals surface area contributed by atoms with E-state index in [9.17, 15) is 24.8 Å². The van der Waals surface area contributed by atoms with Crippen molar-refractivity contribution in [2.24, 2.45) is 0 Å². The van der Waals surface area contributed by atoms with Gasteiger partial charge in [0.25, 0.3) is 0 Å². The third-order valence-electron chi connectivity index (χ3n) is 9.29. The molecule has 1 aliphatic heterocycles. The normalized spacial score (nSPS) is 21.9. The molecule has 0 spiro atoms. The highest BCUT2D eigenvalue weighted by molar-refractivity contribution is 7.51. The summed E-state index contributed by atoms with van der Waals surface area (Å²) in [4.78, 5) is 16.5. The van der Waals surface area contributed by atoms with Gasteiger partial charge in [0.05, 0.1) is 25.0 Å². The monoisotopic (exact) mass is 766 g/mol. The number of aromatic nitrogens is 3. The van der Waals surface area contributed by atoms with Gasteiger partial charge in [-0.1, -0.05) is 90.4 Å². The van der Waals surface area contributed by atoms with Crippen LogP contribution in [0.3, 0.4) is 0 Å². The quantitative estimate of drug-likeness (QED) is 0.0437. The molecule has 3 rings (SSSR count). The maximum atomic E-state index is 13.9. The van der Waals surface area contributed by atoms with Crippen molar-refractivity contribution < 1.29 is 42.8 Å². The van der Waals surface area contributed by atoms with Crippen LogP contribution in [0.2, 0.25) is 0 Å². The van der Waals surface area contributed by atoms with Crippen LogP contribution in [0.4, 0.5) is 5.82 Å². The number of unbranched alkanes of at least 4 members (excludes halogenated alkanes) is 13. The summed E-state index contributed by atoms with van der Waals surface area (Å²) >= 11 is 0. The molecule has 1 fully saturated rings. The fraction of sp³-hybridized carbons (Fsp3) is 0.784. The Morgan fingerprint density at radius 2 is 1.58 bits per heavy atom. The predicted octanol–water partition coefficient (Wildman–Crippen LogP) is 6.11. The number of nitrogens with two attached hydrogens (primary N) is 1. The van der Waals surface area contributed by atoms with Gasteiger partial charge in [0.2, 0.25) is 5.60 Å². The molecule has 16 heteroatoms. The molecule has 0 unspecified atom stereocenters. The number of carbonyl (C=O) groups excluding carboxylic acids is 1. The van der Waals surface area contributed by atoms with E-state index in [1.54, 1.807) is 19.9 Å². The predicted molar refractivity (Wildman–Crippen MR) is 201 cm³/mol. The summed E-state index contributed by atoms with van der Waals surface area (Å²) < 4.78 is 43.5. The number of nitrogens with zero attached hydrogens (tertiary/aromatic N) is 4. The maximum Gasteiger partial charge on any atom is 0.406 e. The first-order chi connectivity index (χ1) is 25.5. The minimum absolute atomic E-state index is 0.0227. The third-order valence-corrected chi connectivity index (χ3v) is 11.0. The SMILES string of the molecule is CCCCCCCCCCCCCCCCOCCCO[P@](=O)(N[C@@H](C)C(=O)OC(C)C)OC[C@H]1O[C@@](C#N)(c2ccc3c(N)ncnn23)[C@H](O)[C@@H]1O. The summed E-state index contributed by atoms with van der Waals surface area (Å²) in [6, 6.07) is 3.93. The molecule has 0 aliphatic carbocycles. The molecule has 3 heterocycles. The molecule has 0 aromatic carbocycles. The van der Waals surface area contributed by atoms with Crippen LogP contribution in [-0.2, 0) is 38.2 Å². The standard InChI is InChI=1S/C37H63N6O9P/c1-5-6-7-8-9-10-11-12-13-14-15-16-17-18-22-48-23-19-24-49-53(47,42-29(4)36(46)51-28(2)3)50-25-31-33(44)34(45)37(26-38,52-31)32-21-20-30-35(39)40-27-41-43(30)32/h20-21,27-29,31,33-34,44-45H,5-19,22-25H2,1-4H3,(H,42,47)(H2,39,40,41)/t29-,31+,33+,34+,37-,53+/m0/s1. The van der Waals surface area contributed by atoms with Crippen molar-refractivity contribution in [3.8, 4) is 6.07 Å². The first-order valence-electron chi connectivity index (χ1n) is 19.5. The van der Waals surface area contributed by atoms with Gasteiger partial charge in [-0.05, 0) is 45.7 Å². The Morgan fingerprint density at radius 1 is 0.981 bits per heavy atom. The summed E-state index contributed by atoms with van der Waals surface area (Å²) in [5.41, 5.74) is 4.34. The number of nitrogen functional groups attached to an aromatic ring is 1. The smallest absolute Gasteiger partial charge is 0.406 e. The molecular weight excluding hydrogens is 703 g/mol. The molecule has 5 N–H and O–H groups in total. The maximum absolute atomic E-state index is 13.9. The summed E-state index contributed by atoms with van der Waals surface area (Å²) in [5.74, 6) is -0.525. The molecule has 1 aliphatic rings. The Labute approximate surface area is 314 Å². The number of fused-ring (bicyclic) bond motifs is 1. The Balaban J connectivity index is 1.43. The lowest BCUT2D eigenvalue weighted by atomic mass is 9.92. The zero-order valence-corrected chi connectivity index (χ0v) is 33.0. The average molecular weight is 767 g/mol. The summed E-state index contributed by atoms with van der Waals surface area (Å²) in [6.45, 7) is 7.51. The van der Waals surface area contributed by atoms with Crippen LogP contribution in [0.5, 0.6) is 0 Å².